The van der Waals surface area contributed by atoms with E-state index in [4.69, 9.17) is 9.56 Å². The molecular weight excluding hydrogens is 288 g/mol. The Hall–Kier alpha value is -1.63. The van der Waals surface area contributed by atoms with Gasteiger partial charge in [-0.3, -0.25) is 0 Å². The van der Waals surface area contributed by atoms with Crippen molar-refractivity contribution in [3.05, 3.63) is 53.3 Å². The van der Waals surface area contributed by atoms with Crippen molar-refractivity contribution >= 4 is 10.0 Å². The molecule has 1 aromatic carbocycles. The zero-order chi connectivity index (χ0) is 15.5. The van der Waals surface area contributed by atoms with Crippen molar-refractivity contribution in [2.24, 2.45) is 5.14 Å². The summed E-state index contributed by atoms with van der Waals surface area (Å²) in [5.41, 5.74) is 2.56. The summed E-state index contributed by atoms with van der Waals surface area (Å²) in [7, 11) is -3.77. The van der Waals surface area contributed by atoms with Crippen LogP contribution in [0.15, 0.2) is 45.9 Å². The topological polar surface area (TPSA) is 85.3 Å². The first kappa shape index (κ1) is 15.8. The molecule has 0 aliphatic rings. The lowest BCUT2D eigenvalue weighted by Gasteiger charge is -2.14. The van der Waals surface area contributed by atoms with Crippen LogP contribution in [0.5, 0.6) is 0 Å². The van der Waals surface area contributed by atoms with E-state index in [9.17, 15) is 8.42 Å². The van der Waals surface area contributed by atoms with Gasteiger partial charge in [-0.15, -0.1) is 0 Å². The number of aryl methyl sites for hydroxylation is 1. The standard InChI is InChI=1S/C15H20N2O3S/c1-11-5-3-4-6-13(11)9-12(2)17-10-14-7-8-15(20-14)21(16,18)19/h3-8,12,17H,9-10H2,1-2H3,(H2,16,18,19). The van der Waals surface area contributed by atoms with Crippen molar-refractivity contribution in [3.8, 4) is 0 Å². The minimum Gasteiger partial charge on any atom is -0.447 e. The van der Waals surface area contributed by atoms with E-state index < -0.39 is 10.0 Å². The molecule has 6 heteroatoms. The lowest BCUT2D eigenvalue weighted by molar-refractivity contribution is 0.391. The van der Waals surface area contributed by atoms with Crippen molar-refractivity contribution in [1.82, 2.24) is 5.32 Å². The van der Waals surface area contributed by atoms with E-state index in [0.29, 0.717) is 12.3 Å². The SMILES string of the molecule is Cc1ccccc1CC(C)NCc1ccc(S(N)(=O)=O)o1. The summed E-state index contributed by atoms with van der Waals surface area (Å²) < 4.78 is 27.5. The molecule has 0 aliphatic carbocycles. The van der Waals surface area contributed by atoms with Crippen LogP contribution in [0.3, 0.4) is 0 Å². The van der Waals surface area contributed by atoms with E-state index in [0.717, 1.165) is 6.42 Å². The van der Waals surface area contributed by atoms with E-state index in [-0.39, 0.29) is 11.1 Å². The first-order valence-electron chi connectivity index (χ1n) is 6.75. The van der Waals surface area contributed by atoms with Gasteiger partial charge < -0.3 is 9.73 Å². The fourth-order valence-electron chi connectivity index (χ4n) is 2.12. The van der Waals surface area contributed by atoms with Crippen molar-refractivity contribution in [1.29, 1.82) is 0 Å². The minimum absolute atomic E-state index is 0.203. The normalized spacial score (nSPS) is 13.3. The first-order valence-corrected chi connectivity index (χ1v) is 8.30. The predicted octanol–water partition coefficient (Wildman–Crippen LogP) is 1.96. The van der Waals surface area contributed by atoms with Crippen molar-refractivity contribution in [3.63, 3.8) is 0 Å². The van der Waals surface area contributed by atoms with Crippen LogP contribution in [0.4, 0.5) is 0 Å². The highest BCUT2D eigenvalue weighted by Gasteiger charge is 2.13. The molecule has 0 saturated carbocycles. The summed E-state index contributed by atoms with van der Waals surface area (Å²) >= 11 is 0. The lowest BCUT2D eigenvalue weighted by Crippen LogP contribution is -2.27. The summed E-state index contributed by atoms with van der Waals surface area (Å²) in [6.07, 6.45) is 0.898. The van der Waals surface area contributed by atoms with Crippen molar-refractivity contribution < 1.29 is 12.8 Å². The van der Waals surface area contributed by atoms with Crippen molar-refractivity contribution in [2.45, 2.75) is 37.9 Å². The molecule has 0 saturated heterocycles. The third-order valence-electron chi connectivity index (χ3n) is 3.33. The fourth-order valence-corrected chi connectivity index (χ4v) is 2.60. The van der Waals surface area contributed by atoms with Crippen LogP contribution in [-0.2, 0) is 23.0 Å². The number of sulfonamides is 1. The highest BCUT2D eigenvalue weighted by molar-refractivity contribution is 7.89. The predicted molar refractivity (Wildman–Crippen MR) is 81.3 cm³/mol. The third kappa shape index (κ3) is 4.42. The number of benzene rings is 1. The van der Waals surface area contributed by atoms with Gasteiger partial charge in [0.2, 0.25) is 5.09 Å². The number of furan rings is 1. The Kier molecular flexibility index (Phi) is 4.82. The summed E-state index contributed by atoms with van der Waals surface area (Å²) in [4.78, 5) is 0. The molecule has 0 bridgehead atoms. The van der Waals surface area contributed by atoms with E-state index in [1.54, 1.807) is 6.07 Å². The Morgan fingerprint density at radius 1 is 1.24 bits per heavy atom. The Balaban J connectivity index is 1.91. The van der Waals surface area contributed by atoms with Gasteiger partial charge >= 0.3 is 0 Å². The molecule has 1 heterocycles. The Morgan fingerprint density at radius 2 is 1.95 bits per heavy atom. The minimum atomic E-state index is -3.77. The summed E-state index contributed by atoms with van der Waals surface area (Å²) in [5, 5.41) is 8.11. The van der Waals surface area contributed by atoms with Crippen LogP contribution < -0.4 is 10.5 Å². The first-order chi connectivity index (χ1) is 9.86. The average molecular weight is 308 g/mol. The number of hydrogen-bond acceptors (Lipinski definition) is 4. The largest absolute Gasteiger partial charge is 0.447 e. The van der Waals surface area contributed by atoms with E-state index >= 15 is 0 Å². The van der Waals surface area contributed by atoms with Crippen LogP contribution in [0.1, 0.15) is 23.8 Å². The summed E-state index contributed by atoms with van der Waals surface area (Å²) in [6.45, 7) is 4.63. The number of nitrogens with two attached hydrogens (primary N) is 1. The maximum atomic E-state index is 11.1. The van der Waals surface area contributed by atoms with Gasteiger partial charge in [0.25, 0.3) is 10.0 Å². The second-order valence-electron chi connectivity index (χ2n) is 5.18. The Morgan fingerprint density at radius 3 is 2.57 bits per heavy atom. The quantitative estimate of drug-likeness (QED) is 0.854. The summed E-state index contributed by atoms with van der Waals surface area (Å²) in [5.74, 6) is 0.552. The lowest BCUT2D eigenvalue weighted by atomic mass is 10.0. The van der Waals surface area contributed by atoms with Gasteiger partial charge in [-0.05, 0) is 43.5 Å². The zero-order valence-corrected chi connectivity index (χ0v) is 13.0. The van der Waals surface area contributed by atoms with E-state index in [2.05, 4.69) is 31.3 Å². The van der Waals surface area contributed by atoms with Crippen molar-refractivity contribution in [2.75, 3.05) is 0 Å². The second kappa shape index (κ2) is 6.43. The van der Waals surface area contributed by atoms with Crippen LogP contribution in [0, 0.1) is 6.92 Å². The van der Waals surface area contributed by atoms with Gasteiger partial charge in [0.1, 0.15) is 5.76 Å². The van der Waals surface area contributed by atoms with Crippen LogP contribution >= 0.6 is 0 Å². The van der Waals surface area contributed by atoms with Gasteiger partial charge in [-0.25, -0.2) is 13.6 Å². The van der Waals surface area contributed by atoms with Gasteiger partial charge in [-0.1, -0.05) is 24.3 Å². The van der Waals surface area contributed by atoms with Crippen LogP contribution in [-0.4, -0.2) is 14.5 Å². The number of hydrogen-bond donors (Lipinski definition) is 2. The van der Waals surface area contributed by atoms with Crippen LogP contribution in [0.2, 0.25) is 0 Å². The number of nitrogens with one attached hydrogen (secondary N) is 1. The molecule has 1 unspecified atom stereocenters. The van der Waals surface area contributed by atoms with Gasteiger partial charge in [0.15, 0.2) is 0 Å². The number of rotatable bonds is 6. The molecule has 2 rings (SSSR count). The summed E-state index contributed by atoms with van der Waals surface area (Å²) in [6, 6.07) is 11.5. The molecular formula is C15H20N2O3S. The van der Waals surface area contributed by atoms with Gasteiger partial charge in [0.05, 0.1) is 6.54 Å². The Labute approximate surface area is 125 Å². The molecule has 0 fully saturated rings. The molecule has 0 aliphatic heterocycles. The molecule has 0 spiro atoms. The third-order valence-corrected chi connectivity index (χ3v) is 4.11. The monoisotopic (exact) mass is 308 g/mol. The fraction of sp³-hybridized carbons (Fsp3) is 0.333. The zero-order valence-electron chi connectivity index (χ0n) is 12.2. The molecule has 0 radical (unpaired) electrons. The Bertz CT molecular complexity index is 707. The van der Waals surface area contributed by atoms with Gasteiger partial charge in [-0.2, -0.15) is 0 Å². The number of primary sulfonamides is 1. The second-order valence-corrected chi connectivity index (χ2v) is 6.67. The molecule has 3 N–H and O–H groups in total. The van der Waals surface area contributed by atoms with E-state index in [1.165, 1.54) is 17.2 Å². The van der Waals surface area contributed by atoms with Gasteiger partial charge in [0, 0.05) is 6.04 Å². The maximum Gasteiger partial charge on any atom is 0.271 e. The van der Waals surface area contributed by atoms with E-state index in [1.807, 2.05) is 12.1 Å². The molecule has 0 amide bonds. The highest BCUT2D eigenvalue weighted by Crippen LogP contribution is 2.13. The maximum absolute atomic E-state index is 11.1. The molecule has 21 heavy (non-hydrogen) atoms. The molecule has 2 aromatic rings. The molecule has 1 aromatic heterocycles. The molecule has 114 valence electrons. The van der Waals surface area contributed by atoms with Crippen LogP contribution in [0.25, 0.3) is 0 Å². The molecule has 5 nitrogen and oxygen atoms in total. The highest BCUT2D eigenvalue weighted by atomic mass is 32.2. The smallest absolute Gasteiger partial charge is 0.271 e. The average Bonchev–Trinajstić information content (AvgIpc) is 2.88. The molecule has 1 atom stereocenters.